The Morgan fingerprint density at radius 3 is 2.58 bits per heavy atom. The van der Waals surface area contributed by atoms with Crippen molar-refractivity contribution in [3.63, 3.8) is 0 Å². The molecule has 1 unspecified atom stereocenters. The minimum Gasteiger partial charge on any atom is -0.483 e. The Kier molecular flexibility index (Phi) is 5.76. The van der Waals surface area contributed by atoms with Crippen molar-refractivity contribution in [2.75, 3.05) is 20.3 Å². The molecular formula is C18H21NO5. The van der Waals surface area contributed by atoms with Crippen LogP contribution in [0.5, 0.6) is 5.75 Å². The monoisotopic (exact) mass is 331 g/mol. The Labute approximate surface area is 140 Å². The first kappa shape index (κ1) is 17.7. The van der Waals surface area contributed by atoms with E-state index < -0.39 is 17.4 Å². The molecule has 2 rings (SSSR count). The van der Waals surface area contributed by atoms with Crippen LogP contribution in [0.1, 0.15) is 13.3 Å². The number of amides is 1. The van der Waals surface area contributed by atoms with Crippen molar-refractivity contribution >= 4 is 22.6 Å². The number of ether oxygens (including phenoxy) is 2. The summed E-state index contributed by atoms with van der Waals surface area (Å²) in [6.07, 6.45) is -0.235. The van der Waals surface area contributed by atoms with Crippen molar-refractivity contribution in [3.05, 3.63) is 42.5 Å². The summed E-state index contributed by atoms with van der Waals surface area (Å²) in [5.74, 6) is -0.802. The smallest absolute Gasteiger partial charge is 0.305 e. The van der Waals surface area contributed by atoms with Crippen LogP contribution in [-0.4, -0.2) is 42.8 Å². The van der Waals surface area contributed by atoms with Gasteiger partial charge < -0.3 is 19.9 Å². The molecule has 0 heterocycles. The van der Waals surface area contributed by atoms with Gasteiger partial charge in [0.2, 0.25) is 0 Å². The van der Waals surface area contributed by atoms with Crippen molar-refractivity contribution in [3.8, 4) is 5.75 Å². The van der Waals surface area contributed by atoms with Gasteiger partial charge in [-0.2, -0.15) is 0 Å². The molecule has 0 aliphatic heterocycles. The standard InChI is InChI=1S/C18H21NO5/c1-18(12-23-2,10-17(21)22)19-16(20)11-24-15-9-5-7-13-6-3-4-8-14(13)15/h3-9H,10-12H2,1-2H3,(H,19,20)(H,21,22). The fourth-order valence-electron chi connectivity index (χ4n) is 2.62. The molecular weight excluding hydrogens is 310 g/mol. The number of carboxylic acid groups (broad SMARTS) is 1. The van der Waals surface area contributed by atoms with Crippen LogP contribution >= 0.6 is 0 Å². The average molecular weight is 331 g/mol. The van der Waals surface area contributed by atoms with Crippen molar-refractivity contribution in [1.82, 2.24) is 5.32 Å². The number of hydrogen-bond acceptors (Lipinski definition) is 4. The molecule has 2 aromatic rings. The Hall–Kier alpha value is -2.60. The molecule has 0 aliphatic rings. The van der Waals surface area contributed by atoms with E-state index in [2.05, 4.69) is 5.32 Å². The van der Waals surface area contributed by atoms with Gasteiger partial charge in [0.15, 0.2) is 6.61 Å². The molecule has 1 atom stereocenters. The van der Waals surface area contributed by atoms with Crippen LogP contribution in [0.2, 0.25) is 0 Å². The molecule has 6 heteroatoms. The minimum absolute atomic E-state index is 0.0965. The van der Waals surface area contributed by atoms with Crippen LogP contribution in [0.3, 0.4) is 0 Å². The van der Waals surface area contributed by atoms with Gasteiger partial charge in [0, 0.05) is 12.5 Å². The topological polar surface area (TPSA) is 84.9 Å². The fourth-order valence-corrected chi connectivity index (χ4v) is 2.62. The first-order valence-corrected chi connectivity index (χ1v) is 7.56. The lowest BCUT2D eigenvalue weighted by Gasteiger charge is -2.28. The third-order valence-electron chi connectivity index (χ3n) is 3.55. The Bertz CT molecular complexity index is 725. The molecule has 0 saturated carbocycles. The summed E-state index contributed by atoms with van der Waals surface area (Å²) in [5.41, 5.74) is -0.986. The zero-order valence-corrected chi connectivity index (χ0v) is 13.7. The maximum absolute atomic E-state index is 12.1. The Morgan fingerprint density at radius 1 is 1.17 bits per heavy atom. The first-order chi connectivity index (χ1) is 11.4. The van der Waals surface area contributed by atoms with E-state index in [9.17, 15) is 9.59 Å². The van der Waals surface area contributed by atoms with Gasteiger partial charge in [-0.25, -0.2) is 0 Å². The molecule has 0 saturated heterocycles. The van der Waals surface area contributed by atoms with E-state index in [1.807, 2.05) is 36.4 Å². The largest absolute Gasteiger partial charge is 0.483 e. The van der Waals surface area contributed by atoms with Crippen LogP contribution < -0.4 is 10.1 Å². The fraction of sp³-hybridized carbons (Fsp3) is 0.333. The molecule has 2 aromatic carbocycles. The summed E-state index contributed by atoms with van der Waals surface area (Å²) in [5, 5.41) is 13.6. The van der Waals surface area contributed by atoms with Crippen molar-refractivity contribution < 1.29 is 24.2 Å². The van der Waals surface area contributed by atoms with Crippen molar-refractivity contribution in [2.24, 2.45) is 0 Å². The lowest BCUT2D eigenvalue weighted by molar-refractivity contribution is -0.139. The zero-order chi connectivity index (χ0) is 17.6. The Balaban J connectivity index is 2.02. The van der Waals surface area contributed by atoms with Crippen LogP contribution in [0.4, 0.5) is 0 Å². The van der Waals surface area contributed by atoms with Gasteiger partial charge in [-0.05, 0) is 18.4 Å². The molecule has 0 aromatic heterocycles. The zero-order valence-electron chi connectivity index (χ0n) is 13.7. The van der Waals surface area contributed by atoms with Crippen LogP contribution in [0, 0.1) is 0 Å². The summed E-state index contributed by atoms with van der Waals surface area (Å²) < 4.78 is 10.6. The quantitative estimate of drug-likeness (QED) is 0.775. The summed E-state index contributed by atoms with van der Waals surface area (Å²) in [4.78, 5) is 23.1. The second-order valence-corrected chi connectivity index (χ2v) is 5.88. The molecule has 6 nitrogen and oxygen atoms in total. The summed E-state index contributed by atoms with van der Waals surface area (Å²) >= 11 is 0. The third kappa shape index (κ3) is 4.70. The van der Waals surface area contributed by atoms with Gasteiger partial charge in [0.05, 0.1) is 18.6 Å². The van der Waals surface area contributed by atoms with Crippen molar-refractivity contribution in [1.29, 1.82) is 0 Å². The lowest BCUT2D eigenvalue weighted by Crippen LogP contribution is -2.52. The van der Waals surface area contributed by atoms with E-state index in [1.54, 1.807) is 13.0 Å². The summed E-state index contributed by atoms with van der Waals surface area (Å²) in [6, 6.07) is 13.3. The van der Waals surface area contributed by atoms with Gasteiger partial charge >= 0.3 is 5.97 Å². The number of aliphatic carboxylic acids is 1. The van der Waals surface area contributed by atoms with Gasteiger partial charge in [-0.15, -0.1) is 0 Å². The number of methoxy groups -OCH3 is 1. The number of rotatable bonds is 8. The predicted molar refractivity (Wildman–Crippen MR) is 90.1 cm³/mol. The number of fused-ring (bicyclic) bond motifs is 1. The van der Waals surface area contributed by atoms with Crippen LogP contribution in [0.25, 0.3) is 10.8 Å². The van der Waals surface area contributed by atoms with E-state index >= 15 is 0 Å². The van der Waals surface area contributed by atoms with Crippen LogP contribution in [-0.2, 0) is 14.3 Å². The van der Waals surface area contributed by atoms with Crippen LogP contribution in [0.15, 0.2) is 42.5 Å². The SMILES string of the molecule is COCC(C)(CC(=O)O)NC(=O)COc1cccc2ccccc12. The second kappa shape index (κ2) is 7.79. The molecule has 0 bridgehead atoms. The highest BCUT2D eigenvalue weighted by atomic mass is 16.5. The molecule has 0 radical (unpaired) electrons. The first-order valence-electron chi connectivity index (χ1n) is 7.56. The van der Waals surface area contributed by atoms with E-state index in [0.29, 0.717) is 5.75 Å². The Morgan fingerprint density at radius 2 is 1.88 bits per heavy atom. The number of carbonyl (C=O) groups is 2. The van der Waals surface area contributed by atoms with Gasteiger partial charge in [-0.1, -0.05) is 36.4 Å². The predicted octanol–water partition coefficient (Wildman–Crippen LogP) is 2.21. The maximum Gasteiger partial charge on any atom is 0.305 e. The van der Waals surface area contributed by atoms with E-state index in [-0.39, 0.29) is 19.6 Å². The lowest BCUT2D eigenvalue weighted by atomic mass is 9.99. The van der Waals surface area contributed by atoms with Crippen molar-refractivity contribution in [2.45, 2.75) is 18.9 Å². The number of carbonyl (C=O) groups excluding carboxylic acids is 1. The van der Waals surface area contributed by atoms with Gasteiger partial charge in [-0.3, -0.25) is 9.59 Å². The highest BCUT2D eigenvalue weighted by molar-refractivity contribution is 5.88. The number of hydrogen-bond donors (Lipinski definition) is 2. The highest BCUT2D eigenvalue weighted by Gasteiger charge is 2.29. The molecule has 0 fully saturated rings. The highest BCUT2D eigenvalue weighted by Crippen LogP contribution is 2.25. The van der Waals surface area contributed by atoms with Gasteiger partial charge in [0.25, 0.3) is 5.91 Å². The van der Waals surface area contributed by atoms with Gasteiger partial charge in [0.1, 0.15) is 5.75 Å². The number of carboxylic acids is 1. The van der Waals surface area contributed by atoms with E-state index in [1.165, 1.54) is 7.11 Å². The molecule has 128 valence electrons. The minimum atomic E-state index is -1.01. The maximum atomic E-state index is 12.1. The summed E-state index contributed by atoms with van der Waals surface area (Å²) in [7, 11) is 1.46. The average Bonchev–Trinajstić information content (AvgIpc) is 2.52. The molecule has 24 heavy (non-hydrogen) atoms. The summed E-state index contributed by atoms with van der Waals surface area (Å²) in [6.45, 7) is 1.52. The van der Waals surface area contributed by atoms with E-state index in [0.717, 1.165) is 10.8 Å². The third-order valence-corrected chi connectivity index (χ3v) is 3.55. The normalized spacial score (nSPS) is 13.2. The van der Waals surface area contributed by atoms with E-state index in [4.69, 9.17) is 14.6 Å². The number of nitrogens with one attached hydrogen (secondary N) is 1. The number of benzene rings is 2. The second-order valence-electron chi connectivity index (χ2n) is 5.88. The molecule has 2 N–H and O–H groups in total. The molecule has 1 amide bonds. The molecule has 0 spiro atoms. The molecule has 0 aliphatic carbocycles.